The first-order chi connectivity index (χ1) is 7.93. The zero-order valence-electron chi connectivity index (χ0n) is 9.30. The first-order valence-electron chi connectivity index (χ1n) is 5.04. The number of fused-ring (bicyclic) bond motifs is 1. The summed E-state index contributed by atoms with van der Waals surface area (Å²) in [6.07, 6.45) is 3.26. The van der Waals surface area contributed by atoms with Crippen molar-refractivity contribution in [3.8, 4) is 0 Å². The van der Waals surface area contributed by atoms with E-state index in [0.717, 1.165) is 10.9 Å². The Labute approximate surface area is 105 Å². The van der Waals surface area contributed by atoms with Crippen LogP contribution >= 0.6 is 10.7 Å². The molecular weight excluding hydrogens is 258 g/mol. The van der Waals surface area contributed by atoms with Crippen LogP contribution in [0.2, 0.25) is 0 Å². The van der Waals surface area contributed by atoms with Crippen molar-refractivity contribution in [2.45, 2.75) is 5.25 Å². The highest BCUT2D eigenvalue weighted by Gasteiger charge is 2.21. The molecule has 3 nitrogen and oxygen atoms in total. The van der Waals surface area contributed by atoms with Crippen LogP contribution in [0.25, 0.3) is 10.9 Å². The summed E-state index contributed by atoms with van der Waals surface area (Å²) in [5.74, 6) is 0. The molecule has 0 radical (unpaired) electrons. The van der Waals surface area contributed by atoms with Crippen molar-refractivity contribution in [2.75, 3.05) is 0 Å². The van der Waals surface area contributed by atoms with E-state index < -0.39 is 14.3 Å². The topological polar surface area (TPSA) is 39.1 Å². The average Bonchev–Trinajstić information content (AvgIpc) is 2.59. The highest BCUT2D eigenvalue weighted by atomic mass is 35.7. The van der Waals surface area contributed by atoms with Gasteiger partial charge in [0.15, 0.2) is 0 Å². The molecule has 0 fully saturated rings. The second-order valence-corrected chi connectivity index (χ2v) is 6.63. The van der Waals surface area contributed by atoms with E-state index >= 15 is 0 Å². The fourth-order valence-electron chi connectivity index (χ4n) is 1.89. The zero-order valence-corrected chi connectivity index (χ0v) is 10.9. The van der Waals surface area contributed by atoms with Crippen LogP contribution in [0, 0.1) is 0 Å². The molecule has 1 aromatic heterocycles. The van der Waals surface area contributed by atoms with Gasteiger partial charge in [0.2, 0.25) is 9.05 Å². The second kappa shape index (κ2) is 4.20. The third-order valence-corrected chi connectivity index (χ3v) is 4.40. The number of hydrogen-bond acceptors (Lipinski definition) is 2. The summed E-state index contributed by atoms with van der Waals surface area (Å²) in [6.45, 7) is 3.52. The van der Waals surface area contributed by atoms with Gasteiger partial charge in [0.05, 0.1) is 0 Å². The van der Waals surface area contributed by atoms with E-state index in [2.05, 4.69) is 6.58 Å². The monoisotopic (exact) mass is 269 g/mol. The van der Waals surface area contributed by atoms with Gasteiger partial charge in [-0.25, -0.2) is 8.42 Å². The summed E-state index contributed by atoms with van der Waals surface area (Å²) in [5.41, 5.74) is 1.68. The Kier molecular flexibility index (Phi) is 3.02. The van der Waals surface area contributed by atoms with Crippen LogP contribution in [0.3, 0.4) is 0 Å². The number of hydrogen-bond donors (Lipinski definition) is 0. The van der Waals surface area contributed by atoms with Gasteiger partial charge < -0.3 is 4.57 Å². The molecule has 1 atom stereocenters. The molecule has 1 unspecified atom stereocenters. The molecule has 90 valence electrons. The van der Waals surface area contributed by atoms with Gasteiger partial charge in [-0.1, -0.05) is 12.1 Å². The van der Waals surface area contributed by atoms with Crippen LogP contribution in [0.1, 0.15) is 10.8 Å². The molecule has 5 heteroatoms. The lowest BCUT2D eigenvalue weighted by molar-refractivity contribution is 0.604. The SMILES string of the molecule is C=CC(c1ccc2c(ccn2C)c1)S(=O)(=O)Cl. The van der Waals surface area contributed by atoms with Crippen LogP contribution in [-0.2, 0) is 16.1 Å². The normalized spacial score (nSPS) is 13.8. The Bertz CT molecular complexity index is 673. The molecule has 0 spiro atoms. The van der Waals surface area contributed by atoms with Crippen LogP contribution in [0.5, 0.6) is 0 Å². The number of aromatic nitrogens is 1. The van der Waals surface area contributed by atoms with Gasteiger partial charge in [0, 0.05) is 29.4 Å². The molecule has 2 aromatic rings. The highest BCUT2D eigenvalue weighted by molar-refractivity contribution is 8.14. The first kappa shape index (κ1) is 12.2. The number of aryl methyl sites for hydroxylation is 1. The van der Waals surface area contributed by atoms with E-state index in [9.17, 15) is 8.42 Å². The van der Waals surface area contributed by atoms with Crippen molar-refractivity contribution < 1.29 is 8.42 Å². The third kappa shape index (κ3) is 2.23. The molecule has 0 aliphatic carbocycles. The lowest BCUT2D eigenvalue weighted by atomic mass is 10.1. The van der Waals surface area contributed by atoms with Crippen molar-refractivity contribution in [3.63, 3.8) is 0 Å². The number of rotatable bonds is 3. The van der Waals surface area contributed by atoms with E-state index in [1.165, 1.54) is 6.08 Å². The molecule has 0 N–H and O–H groups in total. The summed E-state index contributed by atoms with van der Waals surface area (Å²) < 4.78 is 24.8. The Hall–Kier alpha value is -1.26. The van der Waals surface area contributed by atoms with Crippen molar-refractivity contribution in [3.05, 3.63) is 48.7 Å². The van der Waals surface area contributed by atoms with Gasteiger partial charge in [0.1, 0.15) is 5.25 Å². The Morgan fingerprint density at radius 1 is 1.41 bits per heavy atom. The summed E-state index contributed by atoms with van der Waals surface area (Å²) in [7, 11) is 3.64. The Balaban J connectivity index is 2.60. The maximum absolute atomic E-state index is 11.4. The Morgan fingerprint density at radius 3 is 2.71 bits per heavy atom. The minimum atomic E-state index is -3.68. The van der Waals surface area contributed by atoms with E-state index in [4.69, 9.17) is 10.7 Å². The van der Waals surface area contributed by atoms with Crippen LogP contribution in [0.4, 0.5) is 0 Å². The molecule has 0 aliphatic rings. The molecule has 2 rings (SSSR count). The van der Waals surface area contributed by atoms with Gasteiger partial charge in [-0.15, -0.1) is 6.58 Å². The molecule has 0 aliphatic heterocycles. The minimum absolute atomic E-state index is 0.633. The molecule has 0 saturated carbocycles. The van der Waals surface area contributed by atoms with E-state index in [1.807, 2.05) is 36.0 Å². The lowest BCUT2D eigenvalue weighted by Gasteiger charge is -2.09. The largest absolute Gasteiger partial charge is 0.351 e. The quantitative estimate of drug-likeness (QED) is 0.635. The van der Waals surface area contributed by atoms with Crippen LogP contribution in [-0.4, -0.2) is 13.0 Å². The molecule has 1 aromatic carbocycles. The van der Waals surface area contributed by atoms with Gasteiger partial charge in [0.25, 0.3) is 0 Å². The van der Waals surface area contributed by atoms with Crippen molar-refractivity contribution >= 4 is 30.6 Å². The smallest absolute Gasteiger partial charge is 0.243 e. The second-order valence-electron chi connectivity index (χ2n) is 3.88. The zero-order chi connectivity index (χ0) is 12.6. The Morgan fingerprint density at radius 2 is 2.12 bits per heavy atom. The summed E-state index contributed by atoms with van der Waals surface area (Å²) in [6, 6.07) is 7.39. The lowest BCUT2D eigenvalue weighted by Crippen LogP contribution is -2.04. The summed E-state index contributed by atoms with van der Waals surface area (Å²) >= 11 is 0. The molecule has 17 heavy (non-hydrogen) atoms. The van der Waals surface area contributed by atoms with Gasteiger partial charge in [-0.05, 0) is 29.1 Å². The molecule has 0 amide bonds. The van der Waals surface area contributed by atoms with Crippen LogP contribution in [0.15, 0.2) is 43.1 Å². The minimum Gasteiger partial charge on any atom is -0.351 e. The average molecular weight is 270 g/mol. The molecule has 1 heterocycles. The summed E-state index contributed by atoms with van der Waals surface area (Å²) in [5, 5.41) is 0.117. The number of nitrogens with zero attached hydrogens (tertiary/aromatic N) is 1. The van der Waals surface area contributed by atoms with Crippen molar-refractivity contribution in [2.24, 2.45) is 7.05 Å². The first-order valence-corrected chi connectivity index (χ1v) is 7.42. The molecular formula is C12H12ClNO2S. The fourth-order valence-corrected chi connectivity index (χ4v) is 3.12. The van der Waals surface area contributed by atoms with Crippen LogP contribution < -0.4 is 0 Å². The highest BCUT2D eigenvalue weighted by Crippen LogP contribution is 2.29. The standard InChI is InChI=1S/C12H12ClNO2S/c1-3-12(17(13,15)16)10-4-5-11-9(8-10)6-7-14(11)2/h3-8,12H,1H2,2H3. The molecule has 0 bridgehead atoms. The van der Waals surface area contributed by atoms with Crippen molar-refractivity contribution in [1.29, 1.82) is 0 Å². The predicted molar refractivity (Wildman–Crippen MR) is 70.6 cm³/mol. The van der Waals surface area contributed by atoms with Gasteiger partial charge >= 0.3 is 0 Å². The number of benzene rings is 1. The maximum Gasteiger partial charge on any atom is 0.243 e. The predicted octanol–water partition coefficient (Wildman–Crippen LogP) is 2.97. The van der Waals surface area contributed by atoms with Crippen molar-refractivity contribution in [1.82, 2.24) is 4.57 Å². The fraction of sp³-hybridized carbons (Fsp3) is 0.167. The van der Waals surface area contributed by atoms with E-state index in [0.29, 0.717) is 5.56 Å². The van der Waals surface area contributed by atoms with Gasteiger partial charge in [-0.3, -0.25) is 0 Å². The van der Waals surface area contributed by atoms with E-state index in [-0.39, 0.29) is 0 Å². The maximum atomic E-state index is 11.4. The summed E-state index contributed by atoms with van der Waals surface area (Å²) in [4.78, 5) is 0. The third-order valence-electron chi connectivity index (χ3n) is 2.76. The van der Waals surface area contributed by atoms with Gasteiger partial charge in [-0.2, -0.15) is 0 Å². The molecule has 0 saturated heterocycles. The van der Waals surface area contributed by atoms with E-state index in [1.54, 1.807) is 6.07 Å². The number of halogens is 1.